The van der Waals surface area contributed by atoms with Gasteiger partial charge in [-0.05, 0) is 37.5 Å². The van der Waals surface area contributed by atoms with Gasteiger partial charge in [0.25, 0.3) is 0 Å². The second kappa shape index (κ2) is 7.99. The molecule has 1 fully saturated rings. The molecule has 0 spiro atoms. The fraction of sp³-hybridized carbons (Fsp3) is 0.556. The van der Waals surface area contributed by atoms with Crippen LogP contribution in [0.15, 0.2) is 24.3 Å². The Labute approximate surface area is 138 Å². The number of rotatable bonds is 6. The Morgan fingerprint density at radius 2 is 1.67 bits per heavy atom. The Morgan fingerprint density at radius 1 is 1.08 bits per heavy atom. The largest absolute Gasteiger partial charge is 0.429 e. The molecule has 24 heavy (non-hydrogen) atoms. The third-order valence-corrected chi connectivity index (χ3v) is 4.36. The van der Waals surface area contributed by atoms with Gasteiger partial charge in [-0.1, -0.05) is 25.8 Å². The molecule has 0 atom stereocenters. The van der Waals surface area contributed by atoms with Crippen molar-refractivity contribution in [3.05, 3.63) is 41.7 Å². The Kier molecular flexibility index (Phi) is 6.24. The van der Waals surface area contributed by atoms with Gasteiger partial charge in [-0.2, -0.15) is 8.78 Å². The lowest BCUT2D eigenvalue weighted by Crippen LogP contribution is -2.22. The van der Waals surface area contributed by atoms with Gasteiger partial charge in [0.15, 0.2) is 17.5 Å². The highest BCUT2D eigenvalue weighted by Crippen LogP contribution is 2.33. The van der Waals surface area contributed by atoms with Crippen LogP contribution in [0.2, 0.25) is 0 Å². The summed E-state index contributed by atoms with van der Waals surface area (Å²) >= 11 is 0. The number of alkyl halides is 2. The molecule has 134 valence electrons. The first-order valence-electron chi connectivity index (χ1n) is 8.21. The Bertz CT molecular complexity index is 554. The summed E-state index contributed by atoms with van der Waals surface area (Å²) in [7, 11) is 0. The van der Waals surface area contributed by atoms with Crippen LogP contribution in [0.25, 0.3) is 0 Å². The highest BCUT2D eigenvalue weighted by Gasteiger charge is 2.30. The van der Waals surface area contributed by atoms with Crippen LogP contribution in [-0.2, 0) is 0 Å². The SMILES string of the molecule is CCCC1CCC(C=CC(F)(F)Oc2cc(F)c(F)c(F)c2)CC1. The van der Waals surface area contributed by atoms with Gasteiger partial charge in [0.2, 0.25) is 0 Å². The molecule has 1 aliphatic carbocycles. The van der Waals surface area contributed by atoms with Crippen molar-refractivity contribution >= 4 is 0 Å². The smallest absolute Gasteiger partial charge is 0.419 e. The van der Waals surface area contributed by atoms with E-state index in [0.717, 1.165) is 38.5 Å². The van der Waals surface area contributed by atoms with Crippen LogP contribution in [-0.4, -0.2) is 6.11 Å². The van der Waals surface area contributed by atoms with Crippen molar-refractivity contribution in [1.29, 1.82) is 0 Å². The second-order valence-electron chi connectivity index (χ2n) is 6.29. The minimum Gasteiger partial charge on any atom is -0.429 e. The summed E-state index contributed by atoms with van der Waals surface area (Å²) in [5.41, 5.74) is 0. The van der Waals surface area contributed by atoms with Gasteiger partial charge in [-0.25, -0.2) is 13.2 Å². The average molecular weight is 348 g/mol. The first-order valence-corrected chi connectivity index (χ1v) is 8.21. The molecule has 1 nitrogen and oxygen atoms in total. The lowest BCUT2D eigenvalue weighted by molar-refractivity contribution is -0.132. The van der Waals surface area contributed by atoms with E-state index in [0.29, 0.717) is 24.1 Å². The van der Waals surface area contributed by atoms with E-state index in [9.17, 15) is 22.0 Å². The third-order valence-electron chi connectivity index (χ3n) is 4.36. The summed E-state index contributed by atoms with van der Waals surface area (Å²) in [4.78, 5) is 0. The minimum atomic E-state index is -3.71. The van der Waals surface area contributed by atoms with Crippen molar-refractivity contribution in [1.82, 2.24) is 0 Å². The van der Waals surface area contributed by atoms with E-state index in [-0.39, 0.29) is 5.92 Å². The van der Waals surface area contributed by atoms with E-state index in [4.69, 9.17) is 0 Å². The van der Waals surface area contributed by atoms with Crippen LogP contribution < -0.4 is 4.74 Å². The molecule has 2 rings (SSSR count). The number of benzene rings is 1. The molecular weight excluding hydrogens is 327 g/mol. The van der Waals surface area contributed by atoms with Gasteiger partial charge in [-0.15, -0.1) is 0 Å². The van der Waals surface area contributed by atoms with Crippen molar-refractivity contribution in [3.63, 3.8) is 0 Å². The van der Waals surface area contributed by atoms with Crippen LogP contribution in [0.1, 0.15) is 45.4 Å². The summed E-state index contributed by atoms with van der Waals surface area (Å²) < 4.78 is 70.7. The van der Waals surface area contributed by atoms with Crippen molar-refractivity contribution in [2.24, 2.45) is 11.8 Å². The molecule has 6 heteroatoms. The normalized spacial score (nSPS) is 22.1. The Morgan fingerprint density at radius 3 is 2.21 bits per heavy atom. The predicted molar refractivity (Wildman–Crippen MR) is 81.4 cm³/mol. The van der Waals surface area contributed by atoms with Crippen molar-refractivity contribution in [2.75, 3.05) is 0 Å². The maximum Gasteiger partial charge on any atom is 0.419 e. The van der Waals surface area contributed by atoms with Crippen LogP contribution in [0.4, 0.5) is 22.0 Å². The van der Waals surface area contributed by atoms with E-state index in [1.807, 2.05) is 0 Å². The molecule has 1 aromatic rings. The van der Waals surface area contributed by atoms with Crippen LogP contribution in [0.5, 0.6) is 5.75 Å². The summed E-state index contributed by atoms with van der Waals surface area (Å²) in [6.07, 6.45) is 4.31. The highest BCUT2D eigenvalue weighted by molar-refractivity contribution is 5.25. The number of allylic oxidation sites excluding steroid dienone is 1. The van der Waals surface area contributed by atoms with Gasteiger partial charge >= 0.3 is 6.11 Å². The number of halogens is 5. The molecule has 0 aromatic heterocycles. The summed E-state index contributed by atoms with van der Waals surface area (Å²) in [5.74, 6) is -4.90. The van der Waals surface area contributed by atoms with Crippen molar-refractivity contribution in [3.8, 4) is 5.75 Å². The van der Waals surface area contributed by atoms with Gasteiger partial charge in [-0.3, -0.25) is 0 Å². The van der Waals surface area contributed by atoms with Crippen molar-refractivity contribution < 1.29 is 26.7 Å². The molecule has 1 aliphatic rings. The van der Waals surface area contributed by atoms with Gasteiger partial charge in [0.1, 0.15) is 5.75 Å². The van der Waals surface area contributed by atoms with Crippen LogP contribution in [0.3, 0.4) is 0 Å². The number of hydrogen-bond acceptors (Lipinski definition) is 1. The molecule has 0 N–H and O–H groups in total. The monoisotopic (exact) mass is 348 g/mol. The van der Waals surface area contributed by atoms with E-state index in [2.05, 4.69) is 11.7 Å². The quantitative estimate of drug-likeness (QED) is 0.336. The summed E-state index contributed by atoms with van der Waals surface area (Å²) in [6.45, 7) is 2.13. The van der Waals surface area contributed by atoms with Gasteiger partial charge in [0.05, 0.1) is 0 Å². The van der Waals surface area contributed by atoms with Gasteiger partial charge in [0, 0.05) is 18.2 Å². The third kappa shape index (κ3) is 5.21. The molecular formula is C18H21F5O. The van der Waals surface area contributed by atoms with E-state index in [1.54, 1.807) is 0 Å². The standard InChI is InChI=1S/C18H21F5O/c1-2-3-12-4-6-13(7-5-12)8-9-18(22,23)24-14-10-15(19)17(21)16(20)11-14/h8-13H,2-7H2,1H3. The zero-order chi connectivity index (χ0) is 17.7. The highest BCUT2D eigenvalue weighted by atomic mass is 19.3. The molecule has 1 aromatic carbocycles. The first-order chi connectivity index (χ1) is 11.3. The molecule has 0 unspecified atom stereocenters. The van der Waals surface area contributed by atoms with Crippen LogP contribution in [0, 0.1) is 29.3 Å². The first kappa shape index (κ1) is 18.7. The molecule has 0 amide bonds. The number of hydrogen-bond donors (Lipinski definition) is 0. The average Bonchev–Trinajstić information content (AvgIpc) is 2.52. The molecule has 0 bridgehead atoms. The van der Waals surface area contributed by atoms with Gasteiger partial charge < -0.3 is 4.74 Å². The molecule has 1 saturated carbocycles. The fourth-order valence-electron chi connectivity index (χ4n) is 3.11. The maximum atomic E-state index is 13.8. The Hall–Kier alpha value is -1.59. The van der Waals surface area contributed by atoms with Crippen LogP contribution >= 0.6 is 0 Å². The molecule has 0 radical (unpaired) electrons. The minimum absolute atomic E-state index is 0.0503. The summed E-state index contributed by atoms with van der Waals surface area (Å²) in [5, 5.41) is 0. The van der Waals surface area contributed by atoms with Crippen molar-refractivity contribution in [2.45, 2.75) is 51.6 Å². The second-order valence-corrected chi connectivity index (χ2v) is 6.29. The lowest BCUT2D eigenvalue weighted by Gasteiger charge is -2.26. The summed E-state index contributed by atoms with van der Waals surface area (Å²) in [6, 6.07) is 0.798. The zero-order valence-corrected chi connectivity index (χ0v) is 13.5. The van der Waals surface area contributed by atoms with E-state index in [1.165, 1.54) is 6.08 Å². The molecule has 0 aliphatic heterocycles. The maximum absolute atomic E-state index is 13.8. The zero-order valence-electron chi connectivity index (χ0n) is 13.5. The molecule has 0 saturated heterocycles. The fourth-order valence-corrected chi connectivity index (χ4v) is 3.11. The Balaban J connectivity index is 1.94. The number of ether oxygens (including phenoxy) is 1. The topological polar surface area (TPSA) is 9.23 Å². The van der Waals surface area contributed by atoms with E-state index >= 15 is 0 Å². The molecule has 0 heterocycles. The predicted octanol–water partition coefficient (Wildman–Crippen LogP) is 6.24. The lowest BCUT2D eigenvalue weighted by atomic mass is 9.80. The van der Waals surface area contributed by atoms with E-state index < -0.39 is 29.3 Å².